The molecule has 1 fully saturated rings. The van der Waals surface area contributed by atoms with Crippen molar-refractivity contribution in [3.8, 4) is 0 Å². The van der Waals surface area contributed by atoms with E-state index in [1.165, 1.54) is 11.0 Å². The van der Waals surface area contributed by atoms with Crippen LogP contribution in [0, 0.1) is 5.92 Å². The SMILES string of the molecule is COCCn1c(N2CCC[C@H](C)C2)nc2c1c(=O)[nH]c(=O)n2C. The van der Waals surface area contributed by atoms with E-state index in [0.717, 1.165) is 25.5 Å². The topological polar surface area (TPSA) is 85.2 Å². The molecule has 126 valence electrons. The Morgan fingerprint density at radius 2 is 2.17 bits per heavy atom. The summed E-state index contributed by atoms with van der Waals surface area (Å²) in [6.07, 6.45) is 2.30. The molecule has 1 N–H and O–H groups in total. The predicted octanol–water partition coefficient (Wildman–Crippen LogP) is 0.306. The van der Waals surface area contributed by atoms with E-state index in [1.54, 1.807) is 14.2 Å². The molecule has 8 nitrogen and oxygen atoms in total. The van der Waals surface area contributed by atoms with Crippen LogP contribution in [0.3, 0.4) is 0 Å². The molecule has 1 saturated heterocycles. The summed E-state index contributed by atoms with van der Waals surface area (Å²) in [5, 5.41) is 0. The van der Waals surface area contributed by atoms with Gasteiger partial charge in [0.05, 0.1) is 6.61 Å². The molecule has 0 aromatic carbocycles. The number of piperidine rings is 1. The number of rotatable bonds is 4. The molecule has 0 amide bonds. The van der Waals surface area contributed by atoms with Crippen molar-refractivity contribution in [1.29, 1.82) is 0 Å². The zero-order valence-electron chi connectivity index (χ0n) is 13.8. The van der Waals surface area contributed by atoms with Crippen LogP contribution in [0.5, 0.6) is 0 Å². The van der Waals surface area contributed by atoms with Crippen LogP contribution in [0.15, 0.2) is 9.59 Å². The first-order chi connectivity index (χ1) is 11.0. The molecule has 23 heavy (non-hydrogen) atoms. The highest BCUT2D eigenvalue weighted by atomic mass is 16.5. The van der Waals surface area contributed by atoms with E-state index in [2.05, 4.69) is 21.8 Å². The van der Waals surface area contributed by atoms with E-state index in [9.17, 15) is 9.59 Å². The Labute approximate surface area is 133 Å². The average Bonchev–Trinajstić information content (AvgIpc) is 2.91. The van der Waals surface area contributed by atoms with Crippen molar-refractivity contribution in [1.82, 2.24) is 19.1 Å². The molecule has 1 aliphatic rings. The van der Waals surface area contributed by atoms with Crippen molar-refractivity contribution < 1.29 is 4.74 Å². The molecule has 1 aliphatic heterocycles. The number of hydrogen-bond donors (Lipinski definition) is 1. The lowest BCUT2D eigenvalue weighted by molar-refractivity contribution is 0.188. The van der Waals surface area contributed by atoms with Crippen LogP contribution in [0.25, 0.3) is 11.2 Å². The number of methoxy groups -OCH3 is 1. The number of imidazole rings is 1. The van der Waals surface area contributed by atoms with Gasteiger partial charge in [-0.2, -0.15) is 4.98 Å². The molecule has 3 rings (SSSR count). The molecule has 8 heteroatoms. The Morgan fingerprint density at radius 1 is 1.39 bits per heavy atom. The standard InChI is InChI=1S/C15H23N5O3/c1-10-5-4-6-19(9-10)14-16-12-11(20(14)7-8-23-3)13(21)17-15(22)18(12)2/h10H,4-9H2,1-3H3,(H,17,21,22)/t10-/m0/s1. The minimum absolute atomic E-state index is 0.400. The number of ether oxygens (including phenoxy) is 1. The highest BCUT2D eigenvalue weighted by Crippen LogP contribution is 2.24. The maximum absolute atomic E-state index is 12.3. The van der Waals surface area contributed by atoms with Gasteiger partial charge in [-0.25, -0.2) is 4.79 Å². The molecule has 0 saturated carbocycles. The molecule has 0 unspecified atom stereocenters. The van der Waals surface area contributed by atoms with Crippen LogP contribution < -0.4 is 16.1 Å². The molecule has 0 aliphatic carbocycles. The van der Waals surface area contributed by atoms with E-state index in [4.69, 9.17) is 4.74 Å². The van der Waals surface area contributed by atoms with E-state index >= 15 is 0 Å². The second-order valence-electron chi connectivity index (χ2n) is 6.24. The molecular weight excluding hydrogens is 298 g/mol. The van der Waals surface area contributed by atoms with E-state index < -0.39 is 11.2 Å². The summed E-state index contributed by atoms with van der Waals surface area (Å²) in [6, 6.07) is 0. The smallest absolute Gasteiger partial charge is 0.329 e. The lowest BCUT2D eigenvalue weighted by Crippen LogP contribution is -2.36. The Bertz CT molecular complexity index is 819. The number of aromatic amines is 1. The molecule has 2 aromatic heterocycles. The summed E-state index contributed by atoms with van der Waals surface area (Å²) in [6.45, 7) is 5.03. The van der Waals surface area contributed by atoms with Crippen LogP contribution in [-0.2, 0) is 18.3 Å². The lowest BCUT2D eigenvalue weighted by atomic mass is 10.0. The van der Waals surface area contributed by atoms with Gasteiger partial charge in [-0.15, -0.1) is 0 Å². The van der Waals surface area contributed by atoms with E-state index in [-0.39, 0.29) is 0 Å². The third-order valence-electron chi connectivity index (χ3n) is 4.45. The molecular formula is C15H23N5O3. The average molecular weight is 321 g/mol. The van der Waals surface area contributed by atoms with E-state index in [1.807, 2.05) is 4.57 Å². The second kappa shape index (κ2) is 6.19. The number of hydrogen-bond acceptors (Lipinski definition) is 5. The minimum atomic E-state index is -0.447. The van der Waals surface area contributed by atoms with Gasteiger partial charge in [0.25, 0.3) is 5.56 Å². The van der Waals surface area contributed by atoms with Crippen molar-refractivity contribution >= 4 is 17.1 Å². The third kappa shape index (κ3) is 2.78. The van der Waals surface area contributed by atoms with Gasteiger partial charge in [0.15, 0.2) is 11.2 Å². The van der Waals surface area contributed by atoms with Crippen LogP contribution in [0.2, 0.25) is 0 Å². The fourth-order valence-corrected chi connectivity index (χ4v) is 3.23. The number of aryl methyl sites for hydroxylation is 1. The molecule has 0 radical (unpaired) electrons. The van der Waals surface area contributed by atoms with Gasteiger partial charge in [0, 0.05) is 33.8 Å². The first kappa shape index (κ1) is 15.8. The lowest BCUT2D eigenvalue weighted by Gasteiger charge is -2.32. The summed E-state index contributed by atoms with van der Waals surface area (Å²) in [5.74, 6) is 1.33. The maximum atomic E-state index is 12.3. The molecule has 0 spiro atoms. The van der Waals surface area contributed by atoms with Crippen LogP contribution in [0.4, 0.5) is 5.95 Å². The summed E-state index contributed by atoms with van der Waals surface area (Å²) in [4.78, 5) is 33.3. The summed E-state index contributed by atoms with van der Waals surface area (Å²) in [7, 11) is 3.25. The first-order valence-electron chi connectivity index (χ1n) is 7.96. The molecule has 3 heterocycles. The summed E-state index contributed by atoms with van der Waals surface area (Å²) in [5.41, 5.74) is 0.000853. The van der Waals surface area contributed by atoms with Gasteiger partial charge in [0.1, 0.15) is 0 Å². The van der Waals surface area contributed by atoms with Crippen molar-refractivity contribution in [2.45, 2.75) is 26.3 Å². The number of H-pyrrole nitrogens is 1. The van der Waals surface area contributed by atoms with Crippen LogP contribution in [0.1, 0.15) is 19.8 Å². The van der Waals surface area contributed by atoms with E-state index in [0.29, 0.717) is 30.2 Å². The number of nitrogens with zero attached hydrogens (tertiary/aromatic N) is 4. The first-order valence-corrected chi connectivity index (χ1v) is 7.96. The van der Waals surface area contributed by atoms with Gasteiger partial charge in [-0.1, -0.05) is 6.92 Å². The number of anilines is 1. The van der Waals surface area contributed by atoms with Gasteiger partial charge in [0.2, 0.25) is 5.95 Å². The highest BCUT2D eigenvalue weighted by Gasteiger charge is 2.24. The van der Waals surface area contributed by atoms with Gasteiger partial charge in [-0.3, -0.25) is 14.3 Å². The Kier molecular flexibility index (Phi) is 4.25. The summed E-state index contributed by atoms with van der Waals surface area (Å²) < 4.78 is 8.43. The highest BCUT2D eigenvalue weighted by molar-refractivity contribution is 5.74. The second-order valence-corrected chi connectivity index (χ2v) is 6.24. The number of aromatic nitrogens is 4. The molecule has 1 atom stereocenters. The normalized spacial score (nSPS) is 18.7. The zero-order valence-corrected chi connectivity index (χ0v) is 13.8. The van der Waals surface area contributed by atoms with Crippen molar-refractivity contribution in [2.75, 3.05) is 31.7 Å². The van der Waals surface area contributed by atoms with Crippen molar-refractivity contribution in [2.24, 2.45) is 13.0 Å². The number of nitrogens with one attached hydrogen (secondary N) is 1. The number of fused-ring (bicyclic) bond motifs is 1. The zero-order chi connectivity index (χ0) is 16.6. The molecule has 0 bridgehead atoms. The van der Waals surface area contributed by atoms with Crippen molar-refractivity contribution in [3.05, 3.63) is 20.8 Å². The fourth-order valence-electron chi connectivity index (χ4n) is 3.23. The van der Waals surface area contributed by atoms with Crippen LogP contribution in [-0.4, -0.2) is 45.9 Å². The van der Waals surface area contributed by atoms with Gasteiger partial charge < -0.3 is 14.2 Å². The Balaban J connectivity index is 2.19. The fraction of sp³-hybridized carbons (Fsp3) is 0.667. The van der Waals surface area contributed by atoms with Crippen LogP contribution >= 0.6 is 0 Å². The third-order valence-corrected chi connectivity index (χ3v) is 4.45. The maximum Gasteiger partial charge on any atom is 0.329 e. The monoisotopic (exact) mass is 321 g/mol. The summed E-state index contributed by atoms with van der Waals surface area (Å²) >= 11 is 0. The molecule has 2 aromatic rings. The Morgan fingerprint density at radius 3 is 2.87 bits per heavy atom. The van der Waals surface area contributed by atoms with Gasteiger partial charge in [-0.05, 0) is 18.8 Å². The Hall–Kier alpha value is -2.09. The van der Waals surface area contributed by atoms with Crippen molar-refractivity contribution in [3.63, 3.8) is 0 Å². The minimum Gasteiger partial charge on any atom is -0.383 e. The predicted molar refractivity (Wildman–Crippen MR) is 88.1 cm³/mol. The van der Waals surface area contributed by atoms with Gasteiger partial charge >= 0.3 is 5.69 Å². The largest absolute Gasteiger partial charge is 0.383 e. The quantitative estimate of drug-likeness (QED) is 0.876.